The average Bonchev–Trinajstić information content (AvgIpc) is 2.99. The zero-order valence-corrected chi connectivity index (χ0v) is 15.8. The molecule has 2 amide bonds. The van der Waals surface area contributed by atoms with Crippen molar-refractivity contribution >= 4 is 11.7 Å². The summed E-state index contributed by atoms with van der Waals surface area (Å²) in [6, 6.07) is 12.1. The highest BCUT2D eigenvalue weighted by Gasteiger charge is 2.17. The van der Waals surface area contributed by atoms with Gasteiger partial charge in [0.2, 0.25) is 5.89 Å². The van der Waals surface area contributed by atoms with Crippen molar-refractivity contribution in [1.29, 1.82) is 0 Å². The second kappa shape index (κ2) is 7.61. The van der Waals surface area contributed by atoms with Gasteiger partial charge in [-0.3, -0.25) is 0 Å². The molecule has 3 rings (SSSR count). The second-order valence-electron chi connectivity index (χ2n) is 6.59. The van der Waals surface area contributed by atoms with Crippen LogP contribution in [0.2, 0.25) is 0 Å². The number of amides is 2. The minimum absolute atomic E-state index is 0.279. The number of benzene rings is 2. The topological polar surface area (TPSA) is 58.4 Å². The maximum Gasteiger partial charge on any atom is 0.321 e. The van der Waals surface area contributed by atoms with Gasteiger partial charge < -0.3 is 14.6 Å². The van der Waals surface area contributed by atoms with Crippen LogP contribution in [0, 0.1) is 26.6 Å². The van der Waals surface area contributed by atoms with Gasteiger partial charge in [-0.25, -0.2) is 14.2 Å². The van der Waals surface area contributed by atoms with Crippen LogP contribution in [0.3, 0.4) is 0 Å². The van der Waals surface area contributed by atoms with E-state index in [0.717, 1.165) is 11.1 Å². The van der Waals surface area contributed by atoms with Crippen molar-refractivity contribution in [3.8, 4) is 11.5 Å². The van der Waals surface area contributed by atoms with E-state index in [9.17, 15) is 9.18 Å². The summed E-state index contributed by atoms with van der Waals surface area (Å²) in [5, 5.41) is 2.69. The number of carbonyl (C=O) groups excluding carboxylic acids is 1. The largest absolute Gasteiger partial charge is 0.441 e. The third-order valence-corrected chi connectivity index (χ3v) is 4.42. The molecule has 0 aliphatic carbocycles. The van der Waals surface area contributed by atoms with E-state index < -0.39 is 0 Å². The van der Waals surface area contributed by atoms with Gasteiger partial charge >= 0.3 is 6.03 Å². The number of aromatic nitrogens is 1. The second-order valence-corrected chi connectivity index (χ2v) is 6.59. The highest BCUT2D eigenvalue weighted by atomic mass is 19.1. The summed E-state index contributed by atoms with van der Waals surface area (Å²) in [6.45, 7) is 5.77. The molecule has 1 aromatic heterocycles. The molecule has 0 aliphatic rings. The molecule has 0 radical (unpaired) electrons. The Morgan fingerprint density at radius 1 is 1.15 bits per heavy atom. The number of halogens is 1. The molecule has 1 heterocycles. The molecule has 5 nitrogen and oxygen atoms in total. The van der Waals surface area contributed by atoms with E-state index in [4.69, 9.17) is 4.42 Å². The van der Waals surface area contributed by atoms with Crippen LogP contribution in [0.5, 0.6) is 0 Å². The van der Waals surface area contributed by atoms with Crippen molar-refractivity contribution in [3.05, 3.63) is 70.9 Å². The van der Waals surface area contributed by atoms with Gasteiger partial charge in [-0.1, -0.05) is 24.3 Å². The Bertz CT molecular complexity index is 981. The Morgan fingerprint density at radius 3 is 2.59 bits per heavy atom. The fourth-order valence-electron chi connectivity index (χ4n) is 2.69. The lowest BCUT2D eigenvalue weighted by Gasteiger charge is -2.17. The van der Waals surface area contributed by atoms with Crippen molar-refractivity contribution in [2.45, 2.75) is 27.3 Å². The summed E-state index contributed by atoms with van der Waals surface area (Å²) in [6.07, 6.45) is 0. The molecule has 140 valence electrons. The molecule has 0 aliphatic heterocycles. The zero-order chi connectivity index (χ0) is 19.6. The van der Waals surface area contributed by atoms with Gasteiger partial charge in [-0.15, -0.1) is 0 Å². The minimum atomic E-state index is -0.356. The summed E-state index contributed by atoms with van der Waals surface area (Å²) >= 11 is 0. The molecule has 0 bridgehead atoms. The highest BCUT2D eigenvalue weighted by Crippen LogP contribution is 2.25. The van der Waals surface area contributed by atoms with Crippen molar-refractivity contribution in [1.82, 2.24) is 9.88 Å². The number of hydrogen-bond acceptors (Lipinski definition) is 3. The van der Waals surface area contributed by atoms with Crippen LogP contribution in [-0.2, 0) is 6.54 Å². The van der Waals surface area contributed by atoms with Gasteiger partial charge in [-0.2, -0.15) is 0 Å². The van der Waals surface area contributed by atoms with Crippen LogP contribution in [0.4, 0.5) is 14.9 Å². The fourth-order valence-corrected chi connectivity index (χ4v) is 2.69. The fraction of sp³-hybridized carbons (Fsp3) is 0.238. The van der Waals surface area contributed by atoms with Crippen LogP contribution in [-0.4, -0.2) is 23.0 Å². The molecular weight excluding hydrogens is 345 g/mol. The van der Waals surface area contributed by atoms with Crippen molar-refractivity contribution in [2.75, 3.05) is 12.4 Å². The summed E-state index contributed by atoms with van der Waals surface area (Å²) in [7, 11) is 1.65. The standard InChI is InChI=1S/C21H22FN3O2/c1-13-7-5-6-8-17(13)20-24-19(15(3)27-20)12-25(4)21(26)23-16-10-9-14(2)18(22)11-16/h5-11H,12H2,1-4H3,(H,23,26). The van der Waals surface area contributed by atoms with E-state index in [1.165, 1.54) is 11.0 Å². The van der Waals surface area contributed by atoms with Gasteiger partial charge in [0.15, 0.2) is 0 Å². The first kappa shape index (κ1) is 18.6. The van der Waals surface area contributed by atoms with E-state index in [1.807, 2.05) is 38.1 Å². The maximum absolute atomic E-state index is 13.6. The molecule has 2 aromatic carbocycles. The molecule has 0 unspecified atom stereocenters. The first-order valence-electron chi connectivity index (χ1n) is 8.65. The summed E-state index contributed by atoms with van der Waals surface area (Å²) in [5.41, 5.74) is 3.61. The van der Waals surface area contributed by atoms with Crippen molar-refractivity contribution < 1.29 is 13.6 Å². The minimum Gasteiger partial charge on any atom is -0.441 e. The molecule has 0 saturated carbocycles. The van der Waals surface area contributed by atoms with Crippen molar-refractivity contribution in [3.63, 3.8) is 0 Å². The molecule has 0 atom stereocenters. The first-order chi connectivity index (χ1) is 12.8. The molecule has 1 N–H and O–H groups in total. The lowest BCUT2D eigenvalue weighted by atomic mass is 10.1. The van der Waals surface area contributed by atoms with E-state index >= 15 is 0 Å². The van der Waals surface area contributed by atoms with E-state index in [0.29, 0.717) is 28.6 Å². The predicted molar refractivity (Wildman–Crippen MR) is 103 cm³/mol. The number of nitrogens with zero attached hydrogens (tertiary/aromatic N) is 2. The maximum atomic E-state index is 13.6. The van der Waals surface area contributed by atoms with Crippen molar-refractivity contribution in [2.24, 2.45) is 0 Å². The smallest absolute Gasteiger partial charge is 0.321 e. The van der Waals surface area contributed by atoms with E-state index in [2.05, 4.69) is 10.3 Å². The van der Waals surface area contributed by atoms with Crippen LogP contribution >= 0.6 is 0 Å². The SMILES string of the molecule is Cc1ccc(NC(=O)N(C)Cc2nc(-c3ccccc3C)oc2C)cc1F. The first-order valence-corrected chi connectivity index (χ1v) is 8.65. The zero-order valence-electron chi connectivity index (χ0n) is 15.8. The number of oxazole rings is 1. The quantitative estimate of drug-likeness (QED) is 0.700. The Kier molecular flexibility index (Phi) is 5.26. The molecule has 3 aromatic rings. The molecule has 6 heteroatoms. The summed E-state index contributed by atoms with van der Waals surface area (Å²) in [4.78, 5) is 18.4. The lowest BCUT2D eigenvalue weighted by molar-refractivity contribution is 0.220. The lowest BCUT2D eigenvalue weighted by Crippen LogP contribution is -2.31. The third kappa shape index (κ3) is 4.16. The number of carbonyl (C=O) groups is 1. The Labute approximate surface area is 157 Å². The third-order valence-electron chi connectivity index (χ3n) is 4.42. The average molecular weight is 367 g/mol. The number of hydrogen-bond donors (Lipinski definition) is 1. The van der Waals surface area contributed by atoms with Gasteiger partial charge in [0.25, 0.3) is 0 Å². The Balaban J connectivity index is 1.72. The molecule has 0 fully saturated rings. The van der Waals surface area contributed by atoms with E-state index in [-0.39, 0.29) is 18.4 Å². The Morgan fingerprint density at radius 2 is 1.89 bits per heavy atom. The molecule has 0 spiro atoms. The van der Waals surface area contributed by atoms with Gasteiger partial charge in [0.05, 0.1) is 6.54 Å². The van der Waals surface area contributed by atoms with Gasteiger partial charge in [-0.05, 0) is 50.1 Å². The van der Waals surface area contributed by atoms with Crippen LogP contribution in [0.1, 0.15) is 22.6 Å². The molecular formula is C21H22FN3O2. The molecule has 0 saturated heterocycles. The number of anilines is 1. The monoisotopic (exact) mass is 367 g/mol. The Hall–Kier alpha value is -3.15. The molecule has 27 heavy (non-hydrogen) atoms. The van der Waals surface area contributed by atoms with Crippen LogP contribution in [0.25, 0.3) is 11.5 Å². The summed E-state index contributed by atoms with van der Waals surface area (Å²) < 4.78 is 19.4. The van der Waals surface area contributed by atoms with Crippen LogP contribution < -0.4 is 5.32 Å². The number of rotatable bonds is 4. The van der Waals surface area contributed by atoms with Gasteiger partial charge in [0, 0.05) is 18.3 Å². The normalized spacial score (nSPS) is 10.7. The highest BCUT2D eigenvalue weighted by molar-refractivity contribution is 5.89. The number of aryl methyl sites for hydroxylation is 3. The van der Waals surface area contributed by atoms with E-state index in [1.54, 1.807) is 26.1 Å². The number of nitrogens with one attached hydrogen (secondary N) is 1. The predicted octanol–water partition coefficient (Wildman–Crippen LogP) is 5.07. The summed E-state index contributed by atoms with van der Waals surface area (Å²) in [5.74, 6) is 0.843. The number of urea groups is 1. The van der Waals surface area contributed by atoms with Gasteiger partial charge in [0.1, 0.15) is 17.3 Å². The van der Waals surface area contributed by atoms with Crippen LogP contribution in [0.15, 0.2) is 46.9 Å².